The first kappa shape index (κ1) is 18.9. The highest BCUT2D eigenvalue weighted by Gasteiger charge is 2.22. The van der Waals surface area contributed by atoms with E-state index in [1.165, 1.54) is 24.4 Å². The molecule has 0 unspecified atom stereocenters. The molecule has 7 heteroatoms. The summed E-state index contributed by atoms with van der Waals surface area (Å²) in [4.78, 5) is 21.0. The standard InChI is InChI=1S/C22H20F2N4O/c23-17-5-7-18(8-6-17)27-11-13-28(14-12-27)22(29)16-9-10-25-21(15-16)26-20-4-2-1-3-19(20)24/h1-10,15H,11-14H2,(H,25,26). The number of hydrogen-bond acceptors (Lipinski definition) is 4. The lowest BCUT2D eigenvalue weighted by Crippen LogP contribution is -2.48. The quantitative estimate of drug-likeness (QED) is 0.725. The molecule has 1 amide bonds. The van der Waals surface area contributed by atoms with Gasteiger partial charge in [0.1, 0.15) is 17.5 Å². The molecule has 0 aliphatic carbocycles. The number of rotatable bonds is 4. The van der Waals surface area contributed by atoms with Gasteiger partial charge in [0.05, 0.1) is 5.69 Å². The summed E-state index contributed by atoms with van der Waals surface area (Å²) in [5, 5.41) is 2.91. The van der Waals surface area contributed by atoms with Crippen LogP contribution in [0.25, 0.3) is 0 Å². The van der Waals surface area contributed by atoms with Crippen LogP contribution in [0.4, 0.5) is 26.0 Å². The van der Waals surface area contributed by atoms with Gasteiger partial charge in [0.15, 0.2) is 0 Å². The molecule has 148 valence electrons. The second-order valence-electron chi connectivity index (χ2n) is 6.79. The van der Waals surface area contributed by atoms with E-state index in [2.05, 4.69) is 15.2 Å². The number of carbonyl (C=O) groups excluding carboxylic acids is 1. The van der Waals surface area contributed by atoms with Crippen LogP contribution in [0.2, 0.25) is 0 Å². The molecule has 0 radical (unpaired) electrons. The zero-order valence-corrected chi connectivity index (χ0v) is 15.7. The minimum Gasteiger partial charge on any atom is -0.368 e. The molecular weight excluding hydrogens is 374 g/mol. The second-order valence-corrected chi connectivity index (χ2v) is 6.79. The first-order chi connectivity index (χ1) is 14.1. The van der Waals surface area contributed by atoms with Crippen LogP contribution in [0.3, 0.4) is 0 Å². The first-order valence-electron chi connectivity index (χ1n) is 9.37. The molecule has 1 aliphatic rings. The van der Waals surface area contributed by atoms with Gasteiger partial charge >= 0.3 is 0 Å². The molecule has 0 bridgehead atoms. The van der Waals surface area contributed by atoms with Crippen molar-refractivity contribution in [3.63, 3.8) is 0 Å². The fraction of sp³-hybridized carbons (Fsp3) is 0.182. The van der Waals surface area contributed by atoms with E-state index in [1.807, 2.05) is 0 Å². The summed E-state index contributed by atoms with van der Waals surface area (Å²) in [5.41, 5.74) is 1.74. The topological polar surface area (TPSA) is 48.5 Å². The lowest BCUT2D eigenvalue weighted by atomic mass is 10.2. The van der Waals surface area contributed by atoms with E-state index >= 15 is 0 Å². The smallest absolute Gasteiger partial charge is 0.254 e. The molecule has 0 atom stereocenters. The maximum absolute atomic E-state index is 13.8. The average Bonchev–Trinajstić information content (AvgIpc) is 2.76. The van der Waals surface area contributed by atoms with Crippen LogP contribution < -0.4 is 10.2 Å². The van der Waals surface area contributed by atoms with Crippen molar-refractivity contribution in [1.29, 1.82) is 0 Å². The highest BCUT2D eigenvalue weighted by molar-refractivity contribution is 5.95. The van der Waals surface area contributed by atoms with Gasteiger partial charge in [0.2, 0.25) is 0 Å². The van der Waals surface area contributed by atoms with Crippen LogP contribution in [0.5, 0.6) is 0 Å². The first-order valence-corrected chi connectivity index (χ1v) is 9.37. The van der Waals surface area contributed by atoms with E-state index in [9.17, 15) is 13.6 Å². The van der Waals surface area contributed by atoms with Gasteiger partial charge in [0, 0.05) is 43.6 Å². The summed E-state index contributed by atoms with van der Waals surface area (Å²) in [6.45, 7) is 2.47. The Labute approximate surface area is 167 Å². The third kappa shape index (κ3) is 4.34. The van der Waals surface area contributed by atoms with E-state index in [4.69, 9.17) is 0 Å². The SMILES string of the molecule is O=C(c1ccnc(Nc2ccccc2F)c1)N1CCN(c2ccc(F)cc2)CC1. The zero-order chi connectivity index (χ0) is 20.2. The molecule has 2 heterocycles. The Bertz CT molecular complexity index is 1000. The number of nitrogens with one attached hydrogen (secondary N) is 1. The number of pyridine rings is 1. The lowest BCUT2D eigenvalue weighted by molar-refractivity contribution is 0.0746. The molecule has 1 saturated heterocycles. The Morgan fingerprint density at radius 2 is 1.66 bits per heavy atom. The van der Waals surface area contributed by atoms with Crippen molar-refractivity contribution in [2.75, 3.05) is 36.4 Å². The van der Waals surface area contributed by atoms with Crippen LogP contribution in [-0.4, -0.2) is 42.0 Å². The van der Waals surface area contributed by atoms with Crippen LogP contribution in [0.1, 0.15) is 10.4 Å². The molecule has 5 nitrogen and oxygen atoms in total. The van der Waals surface area contributed by atoms with Crippen LogP contribution in [0.15, 0.2) is 66.9 Å². The number of hydrogen-bond donors (Lipinski definition) is 1. The third-order valence-corrected chi connectivity index (χ3v) is 4.90. The van der Waals surface area contributed by atoms with Crippen LogP contribution >= 0.6 is 0 Å². The largest absolute Gasteiger partial charge is 0.368 e. The van der Waals surface area contributed by atoms with Crippen LogP contribution in [-0.2, 0) is 0 Å². The molecular formula is C22H20F2N4O. The van der Waals surface area contributed by atoms with E-state index in [1.54, 1.807) is 47.4 Å². The highest BCUT2D eigenvalue weighted by Crippen LogP contribution is 2.21. The minimum absolute atomic E-state index is 0.0947. The molecule has 1 aromatic heterocycles. The van der Waals surface area contributed by atoms with E-state index in [0.717, 1.165) is 5.69 Å². The van der Waals surface area contributed by atoms with Gasteiger partial charge in [-0.05, 0) is 48.5 Å². The fourth-order valence-corrected chi connectivity index (χ4v) is 3.33. The summed E-state index contributed by atoms with van der Waals surface area (Å²) in [6, 6.07) is 16.0. The van der Waals surface area contributed by atoms with Crippen molar-refractivity contribution < 1.29 is 13.6 Å². The monoisotopic (exact) mass is 394 g/mol. The molecule has 2 aromatic carbocycles. The summed E-state index contributed by atoms with van der Waals surface area (Å²) >= 11 is 0. The molecule has 4 rings (SSSR count). The van der Waals surface area contributed by atoms with Gasteiger partial charge in [-0.3, -0.25) is 4.79 Å². The van der Waals surface area contributed by atoms with Gasteiger partial charge in [-0.25, -0.2) is 13.8 Å². The Morgan fingerprint density at radius 1 is 0.931 bits per heavy atom. The molecule has 1 fully saturated rings. The van der Waals surface area contributed by atoms with Gasteiger partial charge in [-0.15, -0.1) is 0 Å². The van der Waals surface area contributed by atoms with Crippen LogP contribution in [0, 0.1) is 11.6 Å². The second kappa shape index (κ2) is 8.26. The van der Waals surface area contributed by atoms with Crippen molar-refractivity contribution >= 4 is 23.1 Å². The molecule has 0 spiro atoms. The fourth-order valence-electron chi connectivity index (χ4n) is 3.33. The predicted octanol–water partition coefficient (Wildman–Crippen LogP) is 4.07. The maximum Gasteiger partial charge on any atom is 0.254 e. The lowest BCUT2D eigenvalue weighted by Gasteiger charge is -2.36. The average molecular weight is 394 g/mol. The number of halogens is 2. The number of benzene rings is 2. The van der Waals surface area contributed by atoms with Crippen molar-refractivity contribution in [2.45, 2.75) is 0 Å². The van der Waals surface area contributed by atoms with Gasteiger partial charge in [0.25, 0.3) is 5.91 Å². The normalized spacial score (nSPS) is 14.0. The molecule has 0 saturated carbocycles. The number of piperazine rings is 1. The summed E-state index contributed by atoms with van der Waals surface area (Å²) in [5.74, 6) is -0.336. The van der Waals surface area contributed by atoms with Crippen molar-refractivity contribution in [3.8, 4) is 0 Å². The highest BCUT2D eigenvalue weighted by atomic mass is 19.1. The minimum atomic E-state index is -0.386. The maximum atomic E-state index is 13.8. The number of carbonyl (C=O) groups is 1. The summed E-state index contributed by atoms with van der Waals surface area (Å²) in [7, 11) is 0. The predicted molar refractivity (Wildman–Crippen MR) is 108 cm³/mol. The summed E-state index contributed by atoms with van der Waals surface area (Å²) < 4.78 is 26.9. The van der Waals surface area contributed by atoms with Gasteiger partial charge in [-0.1, -0.05) is 12.1 Å². The van der Waals surface area contributed by atoms with E-state index in [-0.39, 0.29) is 17.5 Å². The number of aromatic nitrogens is 1. The molecule has 1 aliphatic heterocycles. The van der Waals surface area contributed by atoms with Crippen molar-refractivity contribution in [3.05, 3.63) is 84.1 Å². The Kier molecular flexibility index (Phi) is 5.37. The molecule has 29 heavy (non-hydrogen) atoms. The third-order valence-electron chi connectivity index (χ3n) is 4.90. The number of amides is 1. The Balaban J connectivity index is 1.41. The Morgan fingerprint density at radius 3 is 2.38 bits per heavy atom. The number of nitrogens with zero attached hydrogens (tertiary/aromatic N) is 3. The van der Waals surface area contributed by atoms with Gasteiger partial charge in [-0.2, -0.15) is 0 Å². The van der Waals surface area contributed by atoms with E-state index in [0.29, 0.717) is 43.2 Å². The van der Waals surface area contributed by atoms with Crippen molar-refractivity contribution in [2.24, 2.45) is 0 Å². The molecule has 3 aromatic rings. The van der Waals surface area contributed by atoms with E-state index < -0.39 is 0 Å². The van der Waals surface area contributed by atoms with Gasteiger partial charge < -0.3 is 15.1 Å². The Hall–Kier alpha value is -3.48. The number of para-hydroxylation sites is 1. The van der Waals surface area contributed by atoms with Crippen molar-refractivity contribution in [1.82, 2.24) is 9.88 Å². The number of anilines is 3. The zero-order valence-electron chi connectivity index (χ0n) is 15.7. The molecule has 1 N–H and O–H groups in total. The summed E-state index contributed by atoms with van der Waals surface area (Å²) in [6.07, 6.45) is 1.53.